The summed E-state index contributed by atoms with van der Waals surface area (Å²) in [6, 6.07) is 12.2. The van der Waals surface area contributed by atoms with E-state index in [0.29, 0.717) is 18.4 Å². The predicted molar refractivity (Wildman–Crippen MR) is 123 cm³/mol. The Morgan fingerprint density at radius 3 is 2.81 bits per heavy atom. The Hall–Kier alpha value is -2.97. The van der Waals surface area contributed by atoms with Crippen LogP contribution in [0.15, 0.2) is 47.1 Å². The third kappa shape index (κ3) is 4.26. The first-order valence-corrected chi connectivity index (χ1v) is 11.4. The molecule has 3 aromatic heterocycles. The molecule has 0 radical (unpaired) electrons. The van der Waals surface area contributed by atoms with Gasteiger partial charge in [-0.15, -0.1) is 11.3 Å². The zero-order chi connectivity index (χ0) is 21.2. The predicted octanol–water partition coefficient (Wildman–Crippen LogP) is 4.84. The standard InChI is InChI=1S/C23H25N5O2S/c1-14-20(22-27-18-6-2-3-7-19(18)31-22)21(26-16-9-8-15(11-16)13-29)28-23(25-14)24-12-17-5-4-10-30-17/h2-7,10,15-16,29H,8-9,11-13H2,1H3,(H2,24,25,26,28)/t15-,16+/m1/s1. The summed E-state index contributed by atoms with van der Waals surface area (Å²) in [7, 11) is 0. The lowest BCUT2D eigenvalue weighted by atomic mass is 10.1. The summed E-state index contributed by atoms with van der Waals surface area (Å²) in [5.41, 5.74) is 2.79. The molecule has 0 spiro atoms. The summed E-state index contributed by atoms with van der Waals surface area (Å²) in [5.74, 6) is 2.52. The first-order chi connectivity index (χ1) is 15.2. The Morgan fingerprint density at radius 1 is 1.13 bits per heavy atom. The highest BCUT2D eigenvalue weighted by molar-refractivity contribution is 7.21. The van der Waals surface area contributed by atoms with Crippen LogP contribution in [0.5, 0.6) is 0 Å². The Kier molecular flexibility index (Phi) is 5.57. The second-order valence-corrected chi connectivity index (χ2v) is 9.01. The average molecular weight is 436 g/mol. The second-order valence-electron chi connectivity index (χ2n) is 7.98. The maximum absolute atomic E-state index is 9.53. The van der Waals surface area contributed by atoms with Crippen molar-refractivity contribution in [1.82, 2.24) is 15.0 Å². The second kappa shape index (κ2) is 8.64. The van der Waals surface area contributed by atoms with Gasteiger partial charge in [-0.3, -0.25) is 0 Å². The van der Waals surface area contributed by atoms with Gasteiger partial charge in [0.15, 0.2) is 0 Å². The number of aliphatic hydroxyl groups excluding tert-OH is 1. The van der Waals surface area contributed by atoms with E-state index in [1.807, 2.05) is 37.3 Å². The Bertz CT molecular complexity index is 1140. The normalized spacial score (nSPS) is 18.5. The molecule has 1 aliphatic rings. The van der Waals surface area contributed by atoms with Gasteiger partial charge in [-0.25, -0.2) is 9.97 Å². The first kappa shape index (κ1) is 20.0. The molecule has 1 fully saturated rings. The van der Waals surface area contributed by atoms with Crippen molar-refractivity contribution in [3.05, 3.63) is 54.1 Å². The molecule has 1 saturated carbocycles. The maximum atomic E-state index is 9.53. The summed E-state index contributed by atoms with van der Waals surface area (Å²) in [5, 5.41) is 17.3. The number of aryl methyl sites for hydroxylation is 1. The van der Waals surface area contributed by atoms with Gasteiger partial charge >= 0.3 is 0 Å². The van der Waals surface area contributed by atoms with E-state index in [4.69, 9.17) is 19.4 Å². The van der Waals surface area contributed by atoms with E-state index in [0.717, 1.165) is 57.3 Å². The number of fused-ring (bicyclic) bond motifs is 1. The van der Waals surface area contributed by atoms with Crippen LogP contribution < -0.4 is 10.6 Å². The SMILES string of the molecule is Cc1nc(NCc2ccco2)nc(N[C@H]2CC[C@@H](CO)C2)c1-c1nc2ccccc2s1. The van der Waals surface area contributed by atoms with Gasteiger partial charge in [0, 0.05) is 12.6 Å². The smallest absolute Gasteiger partial charge is 0.225 e. The number of nitrogens with zero attached hydrogens (tertiary/aromatic N) is 3. The number of thiazole rings is 1. The molecule has 1 aromatic carbocycles. The fourth-order valence-corrected chi connectivity index (χ4v) is 5.20. The molecule has 8 heteroatoms. The minimum Gasteiger partial charge on any atom is -0.467 e. The van der Waals surface area contributed by atoms with Crippen molar-refractivity contribution >= 4 is 33.3 Å². The number of rotatable bonds is 7. The molecule has 0 amide bonds. The molecular formula is C23H25N5O2S. The summed E-state index contributed by atoms with van der Waals surface area (Å²) >= 11 is 1.65. The Labute approximate surface area is 184 Å². The van der Waals surface area contributed by atoms with Crippen molar-refractivity contribution < 1.29 is 9.52 Å². The van der Waals surface area contributed by atoms with E-state index >= 15 is 0 Å². The molecule has 1 aliphatic carbocycles. The molecular weight excluding hydrogens is 410 g/mol. The van der Waals surface area contributed by atoms with Crippen LogP contribution in [0, 0.1) is 12.8 Å². The molecule has 0 saturated heterocycles. The summed E-state index contributed by atoms with van der Waals surface area (Å²) in [6.07, 6.45) is 4.64. The highest BCUT2D eigenvalue weighted by atomic mass is 32.1. The third-order valence-corrected chi connectivity index (χ3v) is 6.79. The number of hydrogen-bond donors (Lipinski definition) is 3. The highest BCUT2D eigenvalue weighted by Crippen LogP contribution is 2.37. The van der Waals surface area contributed by atoms with Crippen LogP contribution in [0.3, 0.4) is 0 Å². The van der Waals surface area contributed by atoms with Crippen LogP contribution in [-0.2, 0) is 6.54 Å². The molecule has 5 rings (SSSR count). The first-order valence-electron chi connectivity index (χ1n) is 10.6. The Balaban J connectivity index is 1.50. The molecule has 0 bridgehead atoms. The summed E-state index contributed by atoms with van der Waals surface area (Å²) < 4.78 is 6.55. The number of aliphatic hydroxyl groups is 1. The van der Waals surface area contributed by atoms with Gasteiger partial charge in [-0.2, -0.15) is 4.98 Å². The van der Waals surface area contributed by atoms with Crippen molar-refractivity contribution in [3.63, 3.8) is 0 Å². The zero-order valence-electron chi connectivity index (χ0n) is 17.3. The molecule has 0 unspecified atom stereocenters. The van der Waals surface area contributed by atoms with Crippen LogP contribution in [0.25, 0.3) is 20.8 Å². The third-order valence-electron chi connectivity index (χ3n) is 5.74. The zero-order valence-corrected chi connectivity index (χ0v) is 18.2. The quantitative estimate of drug-likeness (QED) is 0.382. The van der Waals surface area contributed by atoms with E-state index in [9.17, 15) is 5.11 Å². The van der Waals surface area contributed by atoms with Crippen LogP contribution >= 0.6 is 11.3 Å². The van der Waals surface area contributed by atoms with Crippen LogP contribution in [0.4, 0.5) is 11.8 Å². The lowest BCUT2D eigenvalue weighted by Crippen LogP contribution is -2.19. The van der Waals surface area contributed by atoms with Crippen LogP contribution in [0.1, 0.15) is 30.7 Å². The van der Waals surface area contributed by atoms with Gasteiger partial charge in [-0.05, 0) is 56.4 Å². The largest absolute Gasteiger partial charge is 0.467 e. The summed E-state index contributed by atoms with van der Waals surface area (Å²) in [6.45, 7) is 2.75. The molecule has 2 atom stereocenters. The lowest BCUT2D eigenvalue weighted by Gasteiger charge is -2.18. The molecule has 7 nitrogen and oxygen atoms in total. The van der Waals surface area contributed by atoms with Gasteiger partial charge in [0.2, 0.25) is 5.95 Å². The molecule has 31 heavy (non-hydrogen) atoms. The number of benzene rings is 1. The number of anilines is 2. The van der Waals surface area contributed by atoms with Gasteiger partial charge < -0.3 is 20.2 Å². The number of nitrogens with one attached hydrogen (secondary N) is 2. The average Bonchev–Trinajstić information content (AvgIpc) is 3.52. The van der Waals surface area contributed by atoms with Crippen molar-refractivity contribution in [2.45, 2.75) is 38.8 Å². The Morgan fingerprint density at radius 2 is 2.03 bits per heavy atom. The molecule has 3 heterocycles. The van der Waals surface area contributed by atoms with E-state index < -0.39 is 0 Å². The monoisotopic (exact) mass is 435 g/mol. The van der Waals surface area contributed by atoms with Crippen molar-refractivity contribution in [1.29, 1.82) is 0 Å². The van der Waals surface area contributed by atoms with E-state index in [1.54, 1.807) is 17.6 Å². The fraction of sp³-hybridized carbons (Fsp3) is 0.348. The lowest BCUT2D eigenvalue weighted by molar-refractivity contribution is 0.229. The van der Waals surface area contributed by atoms with E-state index in [1.165, 1.54) is 0 Å². The van der Waals surface area contributed by atoms with Crippen molar-refractivity contribution in [3.8, 4) is 10.6 Å². The molecule has 160 valence electrons. The topological polar surface area (TPSA) is 96.1 Å². The van der Waals surface area contributed by atoms with Crippen molar-refractivity contribution in [2.24, 2.45) is 5.92 Å². The van der Waals surface area contributed by atoms with Crippen molar-refractivity contribution in [2.75, 3.05) is 17.2 Å². The fourth-order valence-electron chi connectivity index (χ4n) is 4.14. The van der Waals surface area contributed by atoms with Gasteiger partial charge in [-0.1, -0.05) is 12.1 Å². The highest BCUT2D eigenvalue weighted by Gasteiger charge is 2.26. The van der Waals surface area contributed by atoms with Gasteiger partial charge in [0.1, 0.15) is 16.6 Å². The van der Waals surface area contributed by atoms with Crippen LogP contribution in [0.2, 0.25) is 0 Å². The van der Waals surface area contributed by atoms with E-state index in [2.05, 4.69) is 16.7 Å². The number of hydrogen-bond acceptors (Lipinski definition) is 8. The number of aromatic nitrogens is 3. The van der Waals surface area contributed by atoms with Crippen LogP contribution in [-0.4, -0.2) is 32.7 Å². The molecule has 4 aromatic rings. The minimum absolute atomic E-state index is 0.238. The maximum Gasteiger partial charge on any atom is 0.225 e. The molecule has 0 aliphatic heterocycles. The number of furan rings is 1. The number of para-hydroxylation sites is 1. The van der Waals surface area contributed by atoms with E-state index in [-0.39, 0.29) is 12.6 Å². The molecule has 3 N–H and O–H groups in total. The van der Waals surface area contributed by atoms with Gasteiger partial charge in [0.25, 0.3) is 0 Å². The summed E-state index contributed by atoms with van der Waals surface area (Å²) in [4.78, 5) is 14.4. The van der Waals surface area contributed by atoms with Gasteiger partial charge in [0.05, 0.1) is 34.3 Å². The minimum atomic E-state index is 0.238.